The number of amides is 2. The summed E-state index contributed by atoms with van der Waals surface area (Å²) in [6.45, 7) is 2.51. The SMILES string of the molecule is CCn1cc(CC(=O)N[C@@H]2COC[C@@H]2NC(=O)C2(C(F)(F)F)CCOCC2)cn1. The van der Waals surface area contributed by atoms with Gasteiger partial charge in [-0.3, -0.25) is 14.3 Å². The number of rotatable bonds is 6. The van der Waals surface area contributed by atoms with Crippen LogP contribution in [-0.2, 0) is 32.0 Å². The lowest BCUT2D eigenvalue weighted by Gasteiger charge is -2.38. The van der Waals surface area contributed by atoms with Gasteiger partial charge < -0.3 is 20.1 Å². The fourth-order valence-electron chi connectivity index (χ4n) is 3.62. The van der Waals surface area contributed by atoms with Crippen LogP contribution >= 0.6 is 0 Å². The summed E-state index contributed by atoms with van der Waals surface area (Å²) in [7, 11) is 0. The molecule has 0 aromatic carbocycles. The minimum atomic E-state index is -4.68. The van der Waals surface area contributed by atoms with Crippen molar-refractivity contribution in [2.45, 2.75) is 51.0 Å². The van der Waals surface area contributed by atoms with E-state index in [2.05, 4.69) is 15.7 Å². The smallest absolute Gasteiger partial charge is 0.381 e. The standard InChI is InChI=1S/C18H25F3N4O4/c1-2-25-9-12(8-22-25)7-15(26)23-13-10-29-11-14(13)24-16(27)17(18(19,20)21)3-5-28-6-4-17/h8-9,13-14H,2-7,10-11H2,1H3,(H,23,26)(H,24,27)/t13-,14+/m1/s1. The minimum absolute atomic E-state index is 0.0366. The van der Waals surface area contributed by atoms with Gasteiger partial charge in [0.15, 0.2) is 0 Å². The molecule has 2 atom stereocenters. The van der Waals surface area contributed by atoms with E-state index >= 15 is 0 Å². The first-order valence-electron chi connectivity index (χ1n) is 9.59. The van der Waals surface area contributed by atoms with Crippen molar-refractivity contribution >= 4 is 11.8 Å². The number of hydrogen-bond donors (Lipinski definition) is 2. The molecule has 1 aromatic heterocycles. The molecule has 1 aromatic rings. The number of aryl methyl sites for hydroxylation is 1. The molecule has 3 heterocycles. The van der Waals surface area contributed by atoms with E-state index < -0.39 is 42.4 Å². The number of alkyl halides is 3. The highest BCUT2D eigenvalue weighted by Crippen LogP contribution is 2.46. The van der Waals surface area contributed by atoms with Crippen molar-refractivity contribution in [3.8, 4) is 0 Å². The van der Waals surface area contributed by atoms with Crippen molar-refractivity contribution in [1.29, 1.82) is 0 Å². The number of aromatic nitrogens is 2. The molecule has 0 radical (unpaired) electrons. The Balaban J connectivity index is 1.61. The van der Waals surface area contributed by atoms with Crippen molar-refractivity contribution in [1.82, 2.24) is 20.4 Å². The summed E-state index contributed by atoms with van der Waals surface area (Å²) >= 11 is 0. The molecule has 2 aliphatic rings. The highest BCUT2D eigenvalue weighted by molar-refractivity contribution is 5.84. The third-order valence-electron chi connectivity index (χ3n) is 5.44. The van der Waals surface area contributed by atoms with E-state index in [0.29, 0.717) is 6.54 Å². The van der Waals surface area contributed by atoms with Crippen LogP contribution in [-0.4, -0.2) is 66.3 Å². The second-order valence-electron chi connectivity index (χ2n) is 7.36. The zero-order chi connectivity index (χ0) is 21.1. The number of nitrogens with one attached hydrogen (secondary N) is 2. The highest BCUT2D eigenvalue weighted by Gasteiger charge is 2.60. The normalized spacial score (nSPS) is 24.3. The molecule has 2 N–H and O–H groups in total. The first kappa shape index (κ1) is 21.6. The highest BCUT2D eigenvalue weighted by atomic mass is 19.4. The van der Waals surface area contributed by atoms with Crippen LogP contribution in [0.3, 0.4) is 0 Å². The summed E-state index contributed by atoms with van der Waals surface area (Å²) in [4.78, 5) is 24.9. The molecular formula is C18H25F3N4O4. The fraction of sp³-hybridized carbons (Fsp3) is 0.722. The third-order valence-corrected chi connectivity index (χ3v) is 5.44. The van der Waals surface area contributed by atoms with Gasteiger partial charge in [0.2, 0.25) is 11.8 Å². The molecule has 0 saturated carbocycles. The second kappa shape index (κ2) is 8.70. The molecule has 0 bridgehead atoms. The van der Waals surface area contributed by atoms with Gasteiger partial charge in [0.05, 0.1) is 37.9 Å². The summed E-state index contributed by atoms with van der Waals surface area (Å²) in [5, 5.41) is 9.29. The summed E-state index contributed by atoms with van der Waals surface area (Å²) in [5.74, 6) is -1.40. The van der Waals surface area contributed by atoms with E-state index in [1.54, 1.807) is 17.1 Å². The van der Waals surface area contributed by atoms with Gasteiger partial charge >= 0.3 is 6.18 Å². The Hall–Kier alpha value is -2.14. The molecule has 0 aliphatic carbocycles. The molecule has 162 valence electrons. The van der Waals surface area contributed by atoms with Crippen LogP contribution in [0.2, 0.25) is 0 Å². The largest absolute Gasteiger partial charge is 0.403 e. The van der Waals surface area contributed by atoms with E-state index in [1.807, 2.05) is 6.92 Å². The van der Waals surface area contributed by atoms with Crippen LogP contribution in [0.4, 0.5) is 13.2 Å². The number of carbonyl (C=O) groups excluding carboxylic acids is 2. The van der Waals surface area contributed by atoms with Crippen molar-refractivity contribution in [3.05, 3.63) is 18.0 Å². The molecule has 0 unspecified atom stereocenters. The average molecular weight is 418 g/mol. The minimum Gasteiger partial charge on any atom is -0.381 e. The molecule has 11 heteroatoms. The summed E-state index contributed by atoms with van der Waals surface area (Å²) in [5.41, 5.74) is -1.75. The predicted octanol–water partition coefficient (Wildman–Crippen LogP) is 0.804. The Morgan fingerprint density at radius 3 is 2.45 bits per heavy atom. The van der Waals surface area contributed by atoms with Gasteiger partial charge in [-0.25, -0.2) is 0 Å². The van der Waals surface area contributed by atoms with Crippen LogP contribution in [0.5, 0.6) is 0 Å². The van der Waals surface area contributed by atoms with Gasteiger partial charge in [0.1, 0.15) is 5.41 Å². The van der Waals surface area contributed by atoms with E-state index in [4.69, 9.17) is 9.47 Å². The van der Waals surface area contributed by atoms with Crippen molar-refractivity contribution in [3.63, 3.8) is 0 Å². The Kier molecular flexibility index (Phi) is 6.47. The first-order chi connectivity index (χ1) is 13.7. The van der Waals surface area contributed by atoms with Crippen molar-refractivity contribution in [2.75, 3.05) is 26.4 Å². The van der Waals surface area contributed by atoms with Gasteiger partial charge in [0.25, 0.3) is 0 Å². The number of hydrogen-bond acceptors (Lipinski definition) is 5. The first-order valence-corrected chi connectivity index (χ1v) is 9.59. The number of nitrogens with zero attached hydrogens (tertiary/aromatic N) is 2. The molecule has 2 saturated heterocycles. The topological polar surface area (TPSA) is 94.5 Å². The maximum Gasteiger partial charge on any atom is 0.403 e. The predicted molar refractivity (Wildman–Crippen MR) is 94.8 cm³/mol. The van der Waals surface area contributed by atoms with Gasteiger partial charge in [-0.2, -0.15) is 18.3 Å². The molecule has 2 amide bonds. The van der Waals surface area contributed by atoms with E-state index in [-0.39, 0.29) is 38.8 Å². The molecule has 0 spiro atoms. The monoisotopic (exact) mass is 418 g/mol. The zero-order valence-electron chi connectivity index (χ0n) is 16.1. The van der Waals surface area contributed by atoms with Gasteiger partial charge in [-0.1, -0.05) is 0 Å². The second-order valence-corrected chi connectivity index (χ2v) is 7.36. The Morgan fingerprint density at radius 1 is 1.21 bits per heavy atom. The molecule has 3 rings (SSSR count). The van der Waals surface area contributed by atoms with Crippen LogP contribution < -0.4 is 10.6 Å². The summed E-state index contributed by atoms with van der Waals surface area (Å²) in [6.07, 6.45) is -2.10. The molecule has 2 aliphatic heterocycles. The zero-order valence-corrected chi connectivity index (χ0v) is 16.1. The lowest BCUT2D eigenvalue weighted by molar-refractivity contribution is -0.240. The summed E-state index contributed by atoms with van der Waals surface area (Å²) in [6, 6.07) is -1.33. The van der Waals surface area contributed by atoms with Crippen LogP contribution in [0.25, 0.3) is 0 Å². The van der Waals surface area contributed by atoms with Gasteiger partial charge in [-0.05, 0) is 25.3 Å². The van der Waals surface area contributed by atoms with Crippen LogP contribution in [0.15, 0.2) is 12.4 Å². The van der Waals surface area contributed by atoms with Crippen LogP contribution in [0.1, 0.15) is 25.3 Å². The summed E-state index contributed by atoms with van der Waals surface area (Å²) < 4.78 is 53.0. The number of carbonyl (C=O) groups is 2. The Labute approximate surface area is 166 Å². The number of ether oxygens (including phenoxy) is 2. The maximum absolute atomic E-state index is 13.7. The molecule has 2 fully saturated rings. The quantitative estimate of drug-likeness (QED) is 0.713. The number of halogens is 3. The maximum atomic E-state index is 13.7. The lowest BCUT2D eigenvalue weighted by atomic mass is 9.78. The van der Waals surface area contributed by atoms with Crippen LogP contribution in [0, 0.1) is 5.41 Å². The molecular weight excluding hydrogens is 393 g/mol. The van der Waals surface area contributed by atoms with E-state index in [1.165, 1.54) is 0 Å². The Bertz CT molecular complexity index is 731. The van der Waals surface area contributed by atoms with Crippen molar-refractivity contribution < 1.29 is 32.2 Å². The molecule has 8 nitrogen and oxygen atoms in total. The van der Waals surface area contributed by atoms with E-state index in [0.717, 1.165) is 5.56 Å². The lowest BCUT2D eigenvalue weighted by Crippen LogP contribution is -2.59. The van der Waals surface area contributed by atoms with Gasteiger partial charge in [-0.15, -0.1) is 0 Å². The van der Waals surface area contributed by atoms with E-state index in [9.17, 15) is 22.8 Å². The van der Waals surface area contributed by atoms with Gasteiger partial charge in [0, 0.05) is 26.0 Å². The van der Waals surface area contributed by atoms with Crippen molar-refractivity contribution in [2.24, 2.45) is 5.41 Å². The fourth-order valence-corrected chi connectivity index (χ4v) is 3.62. The Morgan fingerprint density at radius 2 is 1.86 bits per heavy atom. The molecule has 29 heavy (non-hydrogen) atoms. The average Bonchev–Trinajstić information content (AvgIpc) is 3.30. The third kappa shape index (κ3) is 4.72.